The van der Waals surface area contributed by atoms with Crippen molar-refractivity contribution in [2.45, 2.75) is 33.6 Å². The third-order valence-corrected chi connectivity index (χ3v) is 4.46. The maximum atomic E-state index is 12.5. The fourth-order valence-electron chi connectivity index (χ4n) is 3.04. The molecule has 0 fully saturated rings. The maximum absolute atomic E-state index is 12.5. The first kappa shape index (κ1) is 21.0. The molecule has 2 aromatic heterocycles. The van der Waals surface area contributed by atoms with E-state index in [2.05, 4.69) is 47.4 Å². The first-order valence-corrected chi connectivity index (χ1v) is 9.61. The fraction of sp³-hybridized carbons (Fsp3) is 0.217. The Morgan fingerprint density at radius 2 is 1.80 bits per heavy atom. The predicted octanol–water partition coefficient (Wildman–Crippen LogP) is 4.91. The van der Waals surface area contributed by atoms with Gasteiger partial charge in [0, 0.05) is 25.4 Å². The Balaban J connectivity index is 1.69. The first-order valence-electron chi connectivity index (χ1n) is 9.61. The molecule has 0 radical (unpaired) electrons. The largest absolute Gasteiger partial charge is 0.439 e. The summed E-state index contributed by atoms with van der Waals surface area (Å²) in [7, 11) is 0. The summed E-state index contributed by atoms with van der Waals surface area (Å²) in [6.07, 6.45) is 4.44. The van der Waals surface area contributed by atoms with Crippen molar-refractivity contribution in [2.24, 2.45) is 0 Å². The van der Waals surface area contributed by atoms with Crippen molar-refractivity contribution < 1.29 is 14.3 Å². The number of pyridine rings is 2. The highest BCUT2D eigenvalue weighted by Crippen LogP contribution is 2.26. The number of nitrogens with zero attached hydrogens (tertiary/aromatic N) is 2. The lowest BCUT2D eigenvalue weighted by atomic mass is 9.98. The summed E-state index contributed by atoms with van der Waals surface area (Å²) in [6, 6.07) is 10.8. The molecule has 3 aromatic rings. The second-order valence-electron chi connectivity index (χ2n) is 7.22. The monoisotopic (exact) mass is 404 g/mol. The molecule has 0 saturated carbocycles. The Hall–Kier alpha value is -3.74. The predicted molar refractivity (Wildman–Crippen MR) is 116 cm³/mol. The lowest BCUT2D eigenvalue weighted by Gasteiger charge is -2.12. The van der Waals surface area contributed by atoms with Crippen molar-refractivity contribution in [3.63, 3.8) is 0 Å². The van der Waals surface area contributed by atoms with Crippen LogP contribution in [0.2, 0.25) is 0 Å². The lowest BCUT2D eigenvalue weighted by molar-refractivity contribution is -0.114. The molecule has 2 amide bonds. The molecular weight excluding hydrogens is 380 g/mol. The Labute approximate surface area is 175 Å². The van der Waals surface area contributed by atoms with Gasteiger partial charge in [-0.1, -0.05) is 19.9 Å². The highest BCUT2D eigenvalue weighted by atomic mass is 16.5. The number of aryl methyl sites for hydroxylation is 1. The second kappa shape index (κ2) is 9.17. The molecule has 7 nitrogen and oxygen atoms in total. The van der Waals surface area contributed by atoms with Crippen LogP contribution >= 0.6 is 0 Å². The van der Waals surface area contributed by atoms with Crippen LogP contribution in [-0.4, -0.2) is 21.8 Å². The Morgan fingerprint density at radius 3 is 2.43 bits per heavy atom. The van der Waals surface area contributed by atoms with Gasteiger partial charge in [0.1, 0.15) is 5.75 Å². The first-order chi connectivity index (χ1) is 14.3. The van der Waals surface area contributed by atoms with E-state index in [-0.39, 0.29) is 11.8 Å². The molecule has 0 aliphatic rings. The van der Waals surface area contributed by atoms with Gasteiger partial charge in [-0.2, -0.15) is 0 Å². The standard InChI is InChI=1S/C23H24N4O3/c1-14(2)19-7-6-18(11-15(19)3)30-22-8-5-17(12-25-22)23(29)27-21-13-24-10-9-20(21)26-16(4)28/h5-14H,1-4H3,(H,27,29)(H,24,26,28). The van der Waals surface area contributed by atoms with E-state index in [4.69, 9.17) is 4.74 Å². The van der Waals surface area contributed by atoms with E-state index in [9.17, 15) is 9.59 Å². The van der Waals surface area contributed by atoms with Gasteiger partial charge >= 0.3 is 0 Å². The average Bonchev–Trinajstić information content (AvgIpc) is 2.69. The smallest absolute Gasteiger partial charge is 0.257 e. The molecule has 0 aliphatic heterocycles. The summed E-state index contributed by atoms with van der Waals surface area (Å²) < 4.78 is 5.81. The van der Waals surface area contributed by atoms with Crippen LogP contribution in [0.25, 0.3) is 0 Å². The second-order valence-corrected chi connectivity index (χ2v) is 7.22. The van der Waals surface area contributed by atoms with Gasteiger partial charge in [-0.05, 0) is 48.2 Å². The molecule has 154 valence electrons. The number of aromatic nitrogens is 2. The van der Waals surface area contributed by atoms with Crippen molar-refractivity contribution in [1.29, 1.82) is 0 Å². The molecule has 0 atom stereocenters. The van der Waals surface area contributed by atoms with Crippen molar-refractivity contribution in [2.75, 3.05) is 10.6 Å². The van der Waals surface area contributed by atoms with Crippen LogP contribution in [0, 0.1) is 6.92 Å². The maximum Gasteiger partial charge on any atom is 0.257 e. The summed E-state index contributed by atoms with van der Waals surface area (Å²) in [6.45, 7) is 7.75. The quantitative estimate of drug-likeness (QED) is 0.609. The number of benzene rings is 1. The van der Waals surface area contributed by atoms with E-state index < -0.39 is 0 Å². The SMILES string of the molecule is CC(=O)Nc1ccncc1NC(=O)c1ccc(Oc2ccc(C(C)C)c(C)c2)nc1. The Morgan fingerprint density at radius 1 is 1.00 bits per heavy atom. The zero-order chi connectivity index (χ0) is 21.7. The minimum absolute atomic E-state index is 0.239. The third kappa shape index (κ3) is 5.20. The topological polar surface area (TPSA) is 93.2 Å². The third-order valence-electron chi connectivity index (χ3n) is 4.46. The van der Waals surface area contributed by atoms with Crippen molar-refractivity contribution in [3.8, 4) is 11.6 Å². The summed E-state index contributed by atoms with van der Waals surface area (Å²) in [5.74, 6) is 0.920. The normalized spacial score (nSPS) is 10.6. The summed E-state index contributed by atoms with van der Waals surface area (Å²) in [5, 5.41) is 5.38. The number of carbonyl (C=O) groups is 2. The van der Waals surface area contributed by atoms with Gasteiger partial charge in [-0.15, -0.1) is 0 Å². The number of rotatable bonds is 6. The van der Waals surface area contributed by atoms with Gasteiger partial charge in [-0.25, -0.2) is 4.98 Å². The van der Waals surface area contributed by atoms with E-state index in [1.807, 2.05) is 12.1 Å². The van der Waals surface area contributed by atoms with Crippen molar-refractivity contribution in [3.05, 3.63) is 71.7 Å². The van der Waals surface area contributed by atoms with E-state index in [1.54, 1.807) is 18.2 Å². The van der Waals surface area contributed by atoms with Crippen LogP contribution in [0.1, 0.15) is 48.2 Å². The molecule has 1 aromatic carbocycles. The molecular formula is C23H24N4O3. The zero-order valence-electron chi connectivity index (χ0n) is 17.4. The molecule has 2 N–H and O–H groups in total. The highest BCUT2D eigenvalue weighted by molar-refractivity contribution is 6.06. The molecule has 0 unspecified atom stereocenters. The molecule has 30 heavy (non-hydrogen) atoms. The molecule has 2 heterocycles. The van der Waals surface area contributed by atoms with Crippen LogP contribution in [0.3, 0.4) is 0 Å². The van der Waals surface area contributed by atoms with Crippen molar-refractivity contribution >= 4 is 23.2 Å². The van der Waals surface area contributed by atoms with Crippen LogP contribution in [0.4, 0.5) is 11.4 Å². The number of amides is 2. The van der Waals surface area contributed by atoms with Gasteiger partial charge in [0.15, 0.2) is 0 Å². The van der Waals surface area contributed by atoms with Gasteiger partial charge in [0.2, 0.25) is 11.8 Å². The Kier molecular flexibility index (Phi) is 6.41. The molecule has 0 bridgehead atoms. The summed E-state index contributed by atoms with van der Waals surface area (Å²) in [4.78, 5) is 32.1. The fourth-order valence-corrected chi connectivity index (χ4v) is 3.04. The van der Waals surface area contributed by atoms with Gasteiger partial charge in [0.05, 0.1) is 23.1 Å². The molecule has 3 rings (SSSR count). The van der Waals surface area contributed by atoms with E-state index in [1.165, 1.54) is 31.1 Å². The van der Waals surface area contributed by atoms with E-state index in [0.717, 1.165) is 5.56 Å². The number of hydrogen-bond donors (Lipinski definition) is 2. The van der Waals surface area contributed by atoms with E-state index >= 15 is 0 Å². The minimum atomic E-state index is -0.370. The number of carbonyl (C=O) groups excluding carboxylic acids is 2. The number of hydrogen-bond acceptors (Lipinski definition) is 5. The van der Waals surface area contributed by atoms with Crippen LogP contribution in [0.15, 0.2) is 55.0 Å². The molecule has 0 saturated heterocycles. The van der Waals surface area contributed by atoms with Gasteiger partial charge in [-0.3, -0.25) is 14.6 Å². The number of ether oxygens (including phenoxy) is 1. The summed E-state index contributed by atoms with van der Waals surface area (Å²) in [5.41, 5.74) is 3.66. The zero-order valence-corrected chi connectivity index (χ0v) is 17.4. The lowest BCUT2D eigenvalue weighted by Crippen LogP contribution is -2.15. The molecule has 0 aliphatic carbocycles. The highest BCUT2D eigenvalue weighted by Gasteiger charge is 2.12. The van der Waals surface area contributed by atoms with Gasteiger partial charge < -0.3 is 15.4 Å². The van der Waals surface area contributed by atoms with Crippen LogP contribution in [-0.2, 0) is 4.79 Å². The summed E-state index contributed by atoms with van der Waals surface area (Å²) >= 11 is 0. The Bertz CT molecular complexity index is 1060. The van der Waals surface area contributed by atoms with Gasteiger partial charge in [0.25, 0.3) is 5.91 Å². The van der Waals surface area contributed by atoms with Crippen LogP contribution in [0.5, 0.6) is 11.6 Å². The van der Waals surface area contributed by atoms with Crippen molar-refractivity contribution in [1.82, 2.24) is 9.97 Å². The van der Waals surface area contributed by atoms with E-state index in [0.29, 0.717) is 34.5 Å². The minimum Gasteiger partial charge on any atom is -0.439 e. The molecule has 0 spiro atoms. The number of anilines is 2. The van der Waals surface area contributed by atoms with Crippen LogP contribution < -0.4 is 15.4 Å². The molecule has 7 heteroatoms. The average molecular weight is 404 g/mol. The number of nitrogens with one attached hydrogen (secondary N) is 2.